The third-order valence-electron chi connectivity index (χ3n) is 2.93. The van der Waals surface area contributed by atoms with Gasteiger partial charge in [-0.15, -0.1) is 0 Å². The molecular weight excluding hydrogens is 339 g/mol. The van der Waals surface area contributed by atoms with Crippen molar-refractivity contribution in [1.29, 1.82) is 0 Å². The fourth-order valence-electron chi connectivity index (χ4n) is 1.75. The number of Topliss-reactive ketones (excluding diaryl/α,β-unsaturated/α-hetero) is 1. The number of nitrogens with one attached hydrogen (secondary N) is 2. The van der Waals surface area contributed by atoms with Crippen LogP contribution >= 0.6 is 23.2 Å². The molecule has 7 heteroatoms. The lowest BCUT2D eigenvalue weighted by Gasteiger charge is -2.08. The zero-order chi connectivity index (χ0) is 17.0. The monoisotopic (exact) mass is 350 g/mol. The third kappa shape index (κ3) is 4.55. The van der Waals surface area contributed by atoms with E-state index in [0.717, 1.165) is 0 Å². The summed E-state index contributed by atoms with van der Waals surface area (Å²) >= 11 is 11.7. The van der Waals surface area contributed by atoms with Crippen LogP contribution in [0, 0.1) is 0 Å². The van der Waals surface area contributed by atoms with E-state index in [2.05, 4.69) is 10.6 Å². The molecule has 0 aliphatic heterocycles. The molecule has 0 heterocycles. The molecular formula is C16H12Cl2N2O3. The van der Waals surface area contributed by atoms with E-state index in [9.17, 15) is 14.4 Å². The van der Waals surface area contributed by atoms with Gasteiger partial charge in [0.25, 0.3) is 0 Å². The van der Waals surface area contributed by atoms with Gasteiger partial charge in [0, 0.05) is 16.3 Å². The molecule has 0 radical (unpaired) electrons. The number of rotatable bonds is 3. The molecule has 2 aromatic rings. The summed E-state index contributed by atoms with van der Waals surface area (Å²) in [5.74, 6) is -1.81. The SMILES string of the molecule is CC(=O)c1ccc(NC(=O)C(=O)Nc2ccc(Cl)cc2Cl)cc1. The molecule has 0 bridgehead atoms. The van der Waals surface area contributed by atoms with Crippen LogP contribution in [0.25, 0.3) is 0 Å². The van der Waals surface area contributed by atoms with Gasteiger partial charge in [-0.3, -0.25) is 14.4 Å². The standard InChI is InChI=1S/C16H12Cl2N2O3/c1-9(21)10-2-5-12(6-3-10)19-15(22)16(23)20-14-7-4-11(17)8-13(14)18/h2-8H,1H3,(H,19,22)(H,20,23). The minimum absolute atomic E-state index is 0.0852. The smallest absolute Gasteiger partial charge is 0.314 e. The van der Waals surface area contributed by atoms with Crippen molar-refractivity contribution in [3.05, 3.63) is 58.1 Å². The summed E-state index contributed by atoms with van der Waals surface area (Å²) in [5, 5.41) is 5.46. The number of benzene rings is 2. The highest BCUT2D eigenvalue weighted by molar-refractivity contribution is 6.45. The second-order valence-corrected chi connectivity index (χ2v) is 5.51. The van der Waals surface area contributed by atoms with Gasteiger partial charge in [-0.2, -0.15) is 0 Å². The molecule has 23 heavy (non-hydrogen) atoms. The summed E-state index contributed by atoms with van der Waals surface area (Å²) in [4.78, 5) is 34.9. The van der Waals surface area contributed by atoms with Crippen LogP contribution in [0.15, 0.2) is 42.5 Å². The molecule has 0 atom stereocenters. The first-order valence-electron chi connectivity index (χ1n) is 6.55. The van der Waals surface area contributed by atoms with Crippen molar-refractivity contribution < 1.29 is 14.4 Å². The van der Waals surface area contributed by atoms with Gasteiger partial charge in [-0.05, 0) is 49.4 Å². The van der Waals surface area contributed by atoms with E-state index in [0.29, 0.717) is 16.3 Å². The topological polar surface area (TPSA) is 75.3 Å². The Hall–Kier alpha value is -2.37. The number of carbonyl (C=O) groups is 3. The van der Waals surface area contributed by atoms with Crippen LogP contribution in [0.1, 0.15) is 17.3 Å². The number of carbonyl (C=O) groups excluding carboxylic acids is 3. The number of halogens is 2. The highest BCUT2D eigenvalue weighted by Crippen LogP contribution is 2.25. The lowest BCUT2D eigenvalue weighted by atomic mass is 10.1. The summed E-state index contributed by atoms with van der Waals surface area (Å²) < 4.78 is 0. The Morgan fingerprint density at radius 1 is 0.870 bits per heavy atom. The molecule has 0 unspecified atom stereocenters. The molecule has 0 aromatic heterocycles. The van der Waals surface area contributed by atoms with Crippen LogP contribution in [0.4, 0.5) is 11.4 Å². The number of amides is 2. The molecule has 0 saturated carbocycles. The third-order valence-corrected chi connectivity index (χ3v) is 3.48. The van der Waals surface area contributed by atoms with Crippen molar-refractivity contribution in [2.75, 3.05) is 10.6 Å². The van der Waals surface area contributed by atoms with E-state index >= 15 is 0 Å². The van der Waals surface area contributed by atoms with Gasteiger partial charge in [0.15, 0.2) is 5.78 Å². The molecule has 0 fully saturated rings. The highest BCUT2D eigenvalue weighted by Gasteiger charge is 2.15. The maximum atomic E-state index is 11.9. The van der Waals surface area contributed by atoms with Crippen LogP contribution in [0.5, 0.6) is 0 Å². The van der Waals surface area contributed by atoms with E-state index in [-0.39, 0.29) is 16.5 Å². The molecule has 118 valence electrons. The Morgan fingerprint density at radius 2 is 1.48 bits per heavy atom. The summed E-state index contributed by atoms with van der Waals surface area (Å²) in [6.07, 6.45) is 0. The lowest BCUT2D eigenvalue weighted by molar-refractivity contribution is -0.132. The minimum Gasteiger partial charge on any atom is -0.318 e. The molecule has 0 aliphatic rings. The van der Waals surface area contributed by atoms with Crippen LogP contribution in [0.3, 0.4) is 0 Å². The van der Waals surface area contributed by atoms with E-state index in [1.54, 1.807) is 18.2 Å². The van der Waals surface area contributed by atoms with Gasteiger partial charge in [0.1, 0.15) is 0 Å². The maximum Gasteiger partial charge on any atom is 0.314 e. The van der Waals surface area contributed by atoms with Crippen LogP contribution in [-0.4, -0.2) is 17.6 Å². The molecule has 2 aromatic carbocycles. The van der Waals surface area contributed by atoms with Gasteiger partial charge in [0.2, 0.25) is 0 Å². The first kappa shape index (κ1) is 17.0. The number of hydrogen-bond donors (Lipinski definition) is 2. The van der Waals surface area contributed by atoms with Gasteiger partial charge in [-0.1, -0.05) is 23.2 Å². The molecule has 0 saturated heterocycles. The van der Waals surface area contributed by atoms with Crippen molar-refractivity contribution in [1.82, 2.24) is 0 Å². The predicted octanol–water partition coefficient (Wildman–Crippen LogP) is 3.77. The second-order valence-electron chi connectivity index (χ2n) is 4.67. The van der Waals surface area contributed by atoms with Crippen LogP contribution in [-0.2, 0) is 9.59 Å². The van der Waals surface area contributed by atoms with Crippen molar-refractivity contribution in [2.45, 2.75) is 6.92 Å². The van der Waals surface area contributed by atoms with E-state index in [1.165, 1.54) is 31.2 Å². The van der Waals surface area contributed by atoms with E-state index in [1.807, 2.05) is 0 Å². The van der Waals surface area contributed by atoms with Crippen molar-refractivity contribution in [3.8, 4) is 0 Å². The summed E-state index contributed by atoms with van der Waals surface area (Å²) in [6, 6.07) is 10.7. The van der Waals surface area contributed by atoms with Crippen molar-refractivity contribution in [3.63, 3.8) is 0 Å². The Labute approximate surface area is 142 Å². The summed E-state index contributed by atoms with van der Waals surface area (Å²) in [5.41, 5.74) is 1.20. The van der Waals surface area contributed by atoms with E-state index in [4.69, 9.17) is 23.2 Å². The number of ketones is 1. The molecule has 0 aliphatic carbocycles. The minimum atomic E-state index is -0.870. The molecule has 2 rings (SSSR count). The Balaban J connectivity index is 2.02. The van der Waals surface area contributed by atoms with Gasteiger partial charge in [-0.25, -0.2) is 0 Å². The zero-order valence-electron chi connectivity index (χ0n) is 12.0. The maximum absolute atomic E-state index is 11.9. The Bertz CT molecular complexity index is 773. The quantitative estimate of drug-likeness (QED) is 0.653. The average molecular weight is 351 g/mol. The summed E-state index contributed by atoms with van der Waals surface area (Å²) in [6.45, 7) is 1.44. The average Bonchev–Trinajstić information content (AvgIpc) is 2.50. The first-order valence-corrected chi connectivity index (χ1v) is 7.31. The van der Waals surface area contributed by atoms with Gasteiger partial charge < -0.3 is 10.6 Å². The fraction of sp³-hybridized carbons (Fsp3) is 0.0625. The van der Waals surface area contributed by atoms with Crippen molar-refractivity contribution in [2.24, 2.45) is 0 Å². The highest BCUT2D eigenvalue weighted by atomic mass is 35.5. The fourth-order valence-corrected chi connectivity index (χ4v) is 2.20. The van der Waals surface area contributed by atoms with Crippen LogP contribution < -0.4 is 10.6 Å². The second kappa shape index (κ2) is 7.26. The van der Waals surface area contributed by atoms with Gasteiger partial charge >= 0.3 is 11.8 Å². The van der Waals surface area contributed by atoms with Crippen LogP contribution in [0.2, 0.25) is 10.0 Å². The molecule has 2 amide bonds. The normalized spacial score (nSPS) is 10.0. The molecule has 2 N–H and O–H groups in total. The molecule has 0 spiro atoms. The predicted molar refractivity (Wildman–Crippen MR) is 90.2 cm³/mol. The van der Waals surface area contributed by atoms with Crippen molar-refractivity contribution >= 4 is 52.2 Å². The van der Waals surface area contributed by atoms with E-state index < -0.39 is 11.8 Å². The zero-order valence-corrected chi connectivity index (χ0v) is 13.5. The number of hydrogen-bond acceptors (Lipinski definition) is 3. The van der Waals surface area contributed by atoms with Gasteiger partial charge in [0.05, 0.1) is 10.7 Å². The Kier molecular flexibility index (Phi) is 5.36. The largest absolute Gasteiger partial charge is 0.318 e. The molecule has 5 nitrogen and oxygen atoms in total. The summed E-state index contributed by atoms with van der Waals surface area (Å²) in [7, 11) is 0. The first-order chi connectivity index (χ1) is 10.9. The lowest BCUT2D eigenvalue weighted by Crippen LogP contribution is -2.29. The number of anilines is 2. The Morgan fingerprint density at radius 3 is 2.04 bits per heavy atom.